The number of para-hydroxylation sites is 1. The predicted molar refractivity (Wildman–Crippen MR) is 146 cm³/mol. The molecule has 0 saturated carbocycles. The van der Waals surface area contributed by atoms with E-state index in [2.05, 4.69) is 5.32 Å². The molecular weight excluding hydrogens is 496 g/mol. The molecule has 1 N–H and O–H groups in total. The van der Waals surface area contributed by atoms with Crippen molar-refractivity contribution in [3.05, 3.63) is 102 Å². The fourth-order valence-corrected chi connectivity index (χ4v) is 4.82. The minimum Gasteiger partial charge on any atom is -0.493 e. The first-order chi connectivity index (χ1) is 19.0. The number of methoxy groups -OCH3 is 2. The van der Waals surface area contributed by atoms with Gasteiger partial charge in [-0.3, -0.25) is 9.59 Å². The van der Waals surface area contributed by atoms with Crippen molar-refractivity contribution in [1.82, 2.24) is 4.90 Å². The third kappa shape index (κ3) is 4.72. The van der Waals surface area contributed by atoms with E-state index in [4.69, 9.17) is 18.3 Å². The predicted octanol–water partition coefficient (Wildman–Crippen LogP) is 6.16. The summed E-state index contributed by atoms with van der Waals surface area (Å²) in [4.78, 5) is 27.6. The van der Waals surface area contributed by atoms with Crippen LogP contribution in [0.2, 0.25) is 0 Å². The van der Waals surface area contributed by atoms with E-state index in [0.717, 1.165) is 28.5 Å². The van der Waals surface area contributed by atoms with Gasteiger partial charge in [0.05, 0.1) is 14.2 Å². The van der Waals surface area contributed by atoms with E-state index in [-0.39, 0.29) is 23.3 Å². The summed E-state index contributed by atoms with van der Waals surface area (Å²) < 4.78 is 22.4. The summed E-state index contributed by atoms with van der Waals surface area (Å²) in [5, 5.41) is 3.72. The first kappa shape index (κ1) is 24.4. The normalized spacial score (nSPS) is 12.7. The Morgan fingerprint density at radius 3 is 2.31 bits per heavy atom. The zero-order valence-electron chi connectivity index (χ0n) is 21.5. The first-order valence-electron chi connectivity index (χ1n) is 12.6. The minimum absolute atomic E-state index is 0.170. The van der Waals surface area contributed by atoms with Crippen LogP contribution in [0.15, 0.2) is 87.7 Å². The molecule has 0 aliphatic carbocycles. The summed E-state index contributed by atoms with van der Waals surface area (Å²) >= 11 is 0. The molecule has 8 nitrogen and oxygen atoms in total. The Kier molecular flexibility index (Phi) is 6.28. The molecule has 39 heavy (non-hydrogen) atoms. The van der Waals surface area contributed by atoms with E-state index in [1.54, 1.807) is 49.5 Å². The third-order valence-corrected chi connectivity index (χ3v) is 6.90. The van der Waals surface area contributed by atoms with E-state index < -0.39 is 0 Å². The Hall–Kier alpha value is -4.98. The molecule has 0 fully saturated rings. The highest BCUT2D eigenvalue weighted by Gasteiger charge is 2.26. The number of carbonyl (C=O) groups excluding carboxylic acids is 2. The van der Waals surface area contributed by atoms with Crippen molar-refractivity contribution in [2.24, 2.45) is 0 Å². The van der Waals surface area contributed by atoms with Gasteiger partial charge in [-0.2, -0.15) is 0 Å². The summed E-state index contributed by atoms with van der Waals surface area (Å²) in [7, 11) is 3.21. The monoisotopic (exact) mass is 522 g/mol. The molecule has 0 radical (unpaired) electrons. The van der Waals surface area contributed by atoms with Gasteiger partial charge in [-0.05, 0) is 78.2 Å². The number of benzene rings is 3. The molecule has 8 heteroatoms. The molecule has 6 rings (SSSR count). The summed E-state index contributed by atoms with van der Waals surface area (Å²) in [6.45, 7) is 1.04. The lowest BCUT2D eigenvalue weighted by Crippen LogP contribution is -2.35. The second-order valence-electron chi connectivity index (χ2n) is 9.30. The van der Waals surface area contributed by atoms with Gasteiger partial charge in [-0.1, -0.05) is 18.2 Å². The number of hydrogen-bond donors (Lipinski definition) is 1. The zero-order chi connectivity index (χ0) is 26.9. The Labute approximate surface area is 224 Å². The average molecular weight is 523 g/mol. The van der Waals surface area contributed by atoms with Crippen LogP contribution in [-0.2, 0) is 13.0 Å². The first-order valence-corrected chi connectivity index (χ1v) is 12.6. The van der Waals surface area contributed by atoms with Crippen molar-refractivity contribution >= 4 is 28.5 Å². The van der Waals surface area contributed by atoms with E-state index in [1.807, 2.05) is 48.5 Å². The van der Waals surface area contributed by atoms with Gasteiger partial charge in [0.1, 0.15) is 11.3 Å². The van der Waals surface area contributed by atoms with Gasteiger partial charge >= 0.3 is 0 Å². The molecule has 3 heterocycles. The van der Waals surface area contributed by atoms with E-state index in [1.165, 1.54) is 0 Å². The Balaban J connectivity index is 1.13. The minimum atomic E-state index is -0.330. The summed E-state index contributed by atoms with van der Waals surface area (Å²) in [6, 6.07) is 23.8. The highest BCUT2D eigenvalue weighted by molar-refractivity contribution is 6.04. The van der Waals surface area contributed by atoms with Crippen molar-refractivity contribution in [2.45, 2.75) is 13.0 Å². The molecule has 5 aromatic rings. The van der Waals surface area contributed by atoms with Gasteiger partial charge in [-0.15, -0.1) is 0 Å². The van der Waals surface area contributed by atoms with E-state index in [0.29, 0.717) is 41.6 Å². The molecule has 0 unspecified atom stereocenters. The number of furan rings is 2. The lowest BCUT2D eigenvalue weighted by molar-refractivity contribution is 0.0703. The fourth-order valence-electron chi connectivity index (χ4n) is 4.82. The number of anilines is 1. The highest BCUT2D eigenvalue weighted by atomic mass is 16.5. The number of nitrogens with one attached hydrogen (secondary N) is 1. The summed E-state index contributed by atoms with van der Waals surface area (Å²) in [5.74, 6) is 1.91. The van der Waals surface area contributed by atoms with Crippen LogP contribution < -0.4 is 14.8 Å². The number of hydrogen-bond acceptors (Lipinski definition) is 6. The third-order valence-electron chi connectivity index (χ3n) is 6.90. The van der Waals surface area contributed by atoms with Crippen LogP contribution in [0.5, 0.6) is 11.5 Å². The SMILES string of the molecule is COc1cc2c(cc1OC)CN(C(=O)c1ccc(-c3ccc(NC(=O)c4cc5ccccc5o4)cc3)o1)CC2. The van der Waals surface area contributed by atoms with Gasteiger partial charge in [-0.25, -0.2) is 0 Å². The molecular formula is C31H26N2O6. The number of fused-ring (bicyclic) bond motifs is 2. The Morgan fingerprint density at radius 2 is 1.56 bits per heavy atom. The van der Waals surface area contributed by atoms with Gasteiger partial charge < -0.3 is 28.5 Å². The van der Waals surface area contributed by atoms with Crippen LogP contribution in [0.1, 0.15) is 32.2 Å². The number of amides is 2. The maximum atomic E-state index is 13.2. The van der Waals surface area contributed by atoms with Crippen LogP contribution >= 0.6 is 0 Å². The molecule has 0 bridgehead atoms. The van der Waals surface area contributed by atoms with Crippen molar-refractivity contribution in [3.63, 3.8) is 0 Å². The van der Waals surface area contributed by atoms with Crippen LogP contribution in [0.4, 0.5) is 5.69 Å². The number of carbonyl (C=O) groups is 2. The van der Waals surface area contributed by atoms with Gasteiger partial charge in [0, 0.05) is 29.7 Å². The second kappa shape index (κ2) is 10.1. The number of ether oxygens (including phenoxy) is 2. The van der Waals surface area contributed by atoms with Crippen LogP contribution in [-0.4, -0.2) is 37.5 Å². The molecule has 3 aromatic carbocycles. The molecule has 0 spiro atoms. The highest BCUT2D eigenvalue weighted by Crippen LogP contribution is 2.34. The number of nitrogens with zero attached hydrogens (tertiary/aromatic N) is 1. The largest absolute Gasteiger partial charge is 0.493 e. The standard InChI is InChI=1S/C31H26N2O6/c1-36-27-15-20-13-14-33(18-22(20)17-28(27)37-2)31(35)26-12-11-25(38-26)19-7-9-23(10-8-19)32-30(34)29-16-21-5-3-4-6-24(21)39-29/h3-12,15-17H,13-14,18H2,1-2H3,(H,32,34). The summed E-state index contributed by atoms with van der Waals surface area (Å²) in [6.07, 6.45) is 0.718. The maximum absolute atomic E-state index is 13.2. The molecule has 196 valence electrons. The van der Waals surface area contributed by atoms with Crippen molar-refractivity contribution in [1.29, 1.82) is 0 Å². The van der Waals surface area contributed by atoms with Gasteiger partial charge in [0.15, 0.2) is 23.0 Å². The van der Waals surface area contributed by atoms with Crippen LogP contribution in [0, 0.1) is 0 Å². The molecule has 0 atom stereocenters. The van der Waals surface area contributed by atoms with E-state index in [9.17, 15) is 9.59 Å². The fraction of sp³-hybridized carbons (Fsp3) is 0.161. The Bertz CT molecular complexity index is 1650. The molecule has 0 saturated heterocycles. The van der Waals surface area contributed by atoms with Crippen molar-refractivity contribution in [3.8, 4) is 22.8 Å². The molecule has 1 aliphatic rings. The topological polar surface area (TPSA) is 94.2 Å². The Morgan fingerprint density at radius 1 is 0.821 bits per heavy atom. The lowest BCUT2D eigenvalue weighted by atomic mass is 9.98. The van der Waals surface area contributed by atoms with Crippen LogP contribution in [0.3, 0.4) is 0 Å². The van der Waals surface area contributed by atoms with Gasteiger partial charge in [0.25, 0.3) is 11.8 Å². The zero-order valence-corrected chi connectivity index (χ0v) is 21.5. The molecule has 2 aromatic heterocycles. The maximum Gasteiger partial charge on any atom is 0.291 e. The van der Waals surface area contributed by atoms with Crippen molar-refractivity contribution < 1.29 is 27.9 Å². The quantitative estimate of drug-likeness (QED) is 0.287. The van der Waals surface area contributed by atoms with E-state index >= 15 is 0 Å². The number of rotatable bonds is 6. The van der Waals surface area contributed by atoms with Crippen LogP contribution in [0.25, 0.3) is 22.3 Å². The lowest BCUT2D eigenvalue weighted by Gasteiger charge is -2.29. The smallest absolute Gasteiger partial charge is 0.291 e. The average Bonchev–Trinajstić information content (AvgIpc) is 3.64. The second-order valence-corrected chi connectivity index (χ2v) is 9.30. The molecule has 1 aliphatic heterocycles. The van der Waals surface area contributed by atoms with Gasteiger partial charge in [0.2, 0.25) is 0 Å². The summed E-state index contributed by atoms with van der Waals surface area (Å²) in [5.41, 5.74) is 4.24. The van der Waals surface area contributed by atoms with Crippen molar-refractivity contribution in [2.75, 3.05) is 26.1 Å². The molecule has 2 amide bonds.